The summed E-state index contributed by atoms with van der Waals surface area (Å²) >= 11 is 0. The van der Waals surface area contributed by atoms with E-state index in [1.807, 2.05) is 6.92 Å². The quantitative estimate of drug-likeness (QED) is 0.729. The molecule has 0 saturated heterocycles. The highest BCUT2D eigenvalue weighted by Crippen LogP contribution is 2.30. The van der Waals surface area contributed by atoms with Gasteiger partial charge in [0.05, 0.1) is 0 Å². The molecule has 0 fully saturated rings. The maximum absolute atomic E-state index is 4.25. The third kappa shape index (κ3) is 10.5. The molecule has 19 heavy (non-hydrogen) atoms. The molecule has 0 aromatic rings. The fraction of sp³-hybridized carbons (Fsp3) is 0.529. The number of rotatable bonds is 2. The van der Waals surface area contributed by atoms with Crippen molar-refractivity contribution in [3.8, 4) is 0 Å². The standard InChI is InChI=1S/C13H18.2C2H6O/c1-4-6-10-13-11(3)8-7-9-12(13)5-2;2*1-3-2/h4,6-8,10,12H,3,5,9H2,1-2H3;2*1-2H3/b6-4-,13-10+;;/t12-;;/m1../s1. The predicted octanol–water partition coefficient (Wildman–Crippen LogP) is 4.56. The molecule has 1 aliphatic carbocycles. The maximum atomic E-state index is 4.25. The zero-order chi connectivity index (χ0) is 15.1. The van der Waals surface area contributed by atoms with Crippen molar-refractivity contribution >= 4 is 0 Å². The largest absolute Gasteiger partial charge is 0.388 e. The summed E-state index contributed by atoms with van der Waals surface area (Å²) in [6.45, 7) is 8.34. The van der Waals surface area contributed by atoms with E-state index in [4.69, 9.17) is 0 Å². The molecule has 1 atom stereocenters. The van der Waals surface area contributed by atoms with E-state index in [-0.39, 0.29) is 0 Å². The lowest BCUT2D eigenvalue weighted by Gasteiger charge is -2.21. The first kappa shape index (κ1) is 20.2. The molecule has 0 amide bonds. The third-order valence-corrected chi connectivity index (χ3v) is 2.51. The third-order valence-electron chi connectivity index (χ3n) is 2.51. The average Bonchev–Trinajstić information content (AvgIpc) is 2.39. The molecule has 0 spiro atoms. The zero-order valence-electron chi connectivity index (χ0n) is 13.4. The van der Waals surface area contributed by atoms with E-state index in [0.717, 1.165) is 0 Å². The van der Waals surface area contributed by atoms with Crippen LogP contribution >= 0.6 is 0 Å². The molecule has 0 bridgehead atoms. The molecular formula is C17H30O2. The van der Waals surface area contributed by atoms with E-state index < -0.39 is 0 Å². The average molecular weight is 266 g/mol. The summed E-state index contributed by atoms with van der Waals surface area (Å²) in [7, 11) is 6.50. The van der Waals surface area contributed by atoms with Crippen LogP contribution in [0.3, 0.4) is 0 Å². The van der Waals surface area contributed by atoms with Gasteiger partial charge in [0.2, 0.25) is 0 Å². The van der Waals surface area contributed by atoms with Gasteiger partial charge in [0.1, 0.15) is 0 Å². The van der Waals surface area contributed by atoms with Gasteiger partial charge in [-0.15, -0.1) is 0 Å². The second-order valence-corrected chi connectivity index (χ2v) is 4.23. The minimum absolute atomic E-state index is 0.675. The molecule has 2 nitrogen and oxygen atoms in total. The molecule has 110 valence electrons. The Hall–Kier alpha value is -1.12. The Bertz CT molecular complexity index is 296. The number of hydrogen-bond donors (Lipinski definition) is 0. The summed E-state index contributed by atoms with van der Waals surface area (Å²) in [5.74, 6) is 0.675. The summed E-state index contributed by atoms with van der Waals surface area (Å²) in [5, 5.41) is 0. The van der Waals surface area contributed by atoms with E-state index in [0.29, 0.717) is 5.92 Å². The highest BCUT2D eigenvalue weighted by Gasteiger charge is 2.15. The summed E-state index contributed by atoms with van der Waals surface area (Å²) in [5.41, 5.74) is 2.58. The smallest absolute Gasteiger partial charge is 0.0351 e. The van der Waals surface area contributed by atoms with Crippen molar-refractivity contribution in [2.75, 3.05) is 28.4 Å². The van der Waals surface area contributed by atoms with Gasteiger partial charge in [-0.25, -0.2) is 0 Å². The lowest BCUT2D eigenvalue weighted by molar-refractivity contribution is 0.277. The van der Waals surface area contributed by atoms with Crippen molar-refractivity contribution in [2.24, 2.45) is 5.92 Å². The number of methoxy groups -OCH3 is 2. The second kappa shape index (κ2) is 14.9. The minimum Gasteiger partial charge on any atom is -0.388 e. The molecule has 0 unspecified atom stereocenters. The van der Waals surface area contributed by atoms with Gasteiger partial charge in [-0.1, -0.05) is 43.9 Å². The van der Waals surface area contributed by atoms with Gasteiger partial charge in [0.15, 0.2) is 0 Å². The van der Waals surface area contributed by atoms with Gasteiger partial charge in [0.25, 0.3) is 0 Å². The normalized spacial score (nSPS) is 19.8. The molecule has 0 aliphatic heterocycles. The van der Waals surface area contributed by atoms with Crippen molar-refractivity contribution in [1.82, 2.24) is 0 Å². The van der Waals surface area contributed by atoms with Crippen molar-refractivity contribution < 1.29 is 9.47 Å². The summed E-state index contributed by atoms with van der Waals surface area (Å²) in [4.78, 5) is 0. The van der Waals surface area contributed by atoms with Gasteiger partial charge in [0, 0.05) is 28.4 Å². The van der Waals surface area contributed by atoms with E-state index >= 15 is 0 Å². The summed E-state index contributed by atoms with van der Waals surface area (Å²) in [6, 6.07) is 0. The van der Waals surface area contributed by atoms with Crippen molar-refractivity contribution in [3.05, 3.63) is 48.1 Å². The van der Waals surface area contributed by atoms with Crippen LogP contribution in [0.1, 0.15) is 26.7 Å². The van der Waals surface area contributed by atoms with Gasteiger partial charge in [-0.05, 0) is 36.8 Å². The Morgan fingerprint density at radius 3 is 2.21 bits per heavy atom. The maximum Gasteiger partial charge on any atom is 0.0351 e. The van der Waals surface area contributed by atoms with Crippen molar-refractivity contribution in [2.45, 2.75) is 26.7 Å². The Balaban J connectivity index is 0. The van der Waals surface area contributed by atoms with Crippen molar-refractivity contribution in [1.29, 1.82) is 0 Å². The number of ether oxygens (including phenoxy) is 2. The fourth-order valence-electron chi connectivity index (χ4n) is 1.69. The monoisotopic (exact) mass is 266 g/mol. The van der Waals surface area contributed by atoms with Gasteiger partial charge in [-0.2, -0.15) is 0 Å². The molecule has 1 rings (SSSR count). The summed E-state index contributed by atoms with van der Waals surface area (Å²) < 4.78 is 8.50. The topological polar surface area (TPSA) is 18.5 Å². The molecule has 2 heteroatoms. The Kier molecular flexibility index (Phi) is 15.9. The lowest BCUT2D eigenvalue weighted by Crippen LogP contribution is -2.06. The van der Waals surface area contributed by atoms with E-state index in [1.165, 1.54) is 24.0 Å². The van der Waals surface area contributed by atoms with Crippen LogP contribution in [0.4, 0.5) is 0 Å². The highest BCUT2D eigenvalue weighted by atomic mass is 16.5. The van der Waals surface area contributed by atoms with Gasteiger partial charge < -0.3 is 9.47 Å². The van der Waals surface area contributed by atoms with Crippen LogP contribution < -0.4 is 0 Å². The first-order valence-corrected chi connectivity index (χ1v) is 6.61. The molecule has 0 N–H and O–H groups in total. The first-order valence-electron chi connectivity index (χ1n) is 6.61. The lowest BCUT2D eigenvalue weighted by atomic mass is 9.84. The molecule has 1 aliphatic rings. The first-order chi connectivity index (χ1) is 9.12. The van der Waals surface area contributed by atoms with Crippen molar-refractivity contribution in [3.63, 3.8) is 0 Å². The molecule has 0 aromatic carbocycles. The zero-order valence-corrected chi connectivity index (χ0v) is 13.4. The van der Waals surface area contributed by atoms with Crippen LogP contribution in [-0.4, -0.2) is 28.4 Å². The fourth-order valence-corrected chi connectivity index (χ4v) is 1.69. The van der Waals surface area contributed by atoms with Crippen LogP contribution in [0.5, 0.6) is 0 Å². The van der Waals surface area contributed by atoms with E-state index in [1.54, 1.807) is 28.4 Å². The van der Waals surface area contributed by atoms with Crippen LogP contribution in [0.25, 0.3) is 0 Å². The summed E-state index contributed by atoms with van der Waals surface area (Å²) in [6.07, 6.45) is 13.1. The van der Waals surface area contributed by atoms with Gasteiger partial charge in [-0.3, -0.25) is 0 Å². The second-order valence-electron chi connectivity index (χ2n) is 4.23. The minimum atomic E-state index is 0.675. The number of hydrogen-bond acceptors (Lipinski definition) is 2. The molecular weight excluding hydrogens is 236 g/mol. The van der Waals surface area contributed by atoms with Crippen LogP contribution in [0.2, 0.25) is 0 Å². The molecule has 0 radical (unpaired) electrons. The van der Waals surface area contributed by atoms with E-state index in [9.17, 15) is 0 Å². The Labute approximate surface area is 119 Å². The van der Waals surface area contributed by atoms with Gasteiger partial charge >= 0.3 is 0 Å². The van der Waals surface area contributed by atoms with E-state index in [2.05, 4.69) is 53.4 Å². The predicted molar refractivity (Wildman–Crippen MR) is 85.4 cm³/mol. The Morgan fingerprint density at radius 2 is 1.79 bits per heavy atom. The highest BCUT2D eigenvalue weighted by molar-refractivity contribution is 5.43. The molecule has 0 heterocycles. The Morgan fingerprint density at radius 1 is 1.26 bits per heavy atom. The molecule has 0 aromatic heterocycles. The van der Waals surface area contributed by atoms with Crippen LogP contribution in [0, 0.1) is 5.92 Å². The molecule has 0 saturated carbocycles. The van der Waals surface area contributed by atoms with Crippen LogP contribution in [0.15, 0.2) is 48.1 Å². The number of allylic oxidation sites excluding steroid dienone is 7. The van der Waals surface area contributed by atoms with Crippen LogP contribution in [-0.2, 0) is 9.47 Å². The SMILES string of the molecule is C=C1C=CC[C@@H](CC)/C1=C/C=C\C.COC.COC.